The van der Waals surface area contributed by atoms with Gasteiger partial charge in [0.15, 0.2) is 11.6 Å². The average molecular weight is 529 g/mol. The van der Waals surface area contributed by atoms with Crippen LogP contribution < -0.4 is 10.1 Å². The number of nitrogens with zero attached hydrogens (tertiary/aromatic N) is 5. The van der Waals surface area contributed by atoms with Crippen molar-refractivity contribution >= 4 is 40.3 Å². The normalized spacial score (nSPS) is 20.9. The molecule has 36 heavy (non-hydrogen) atoms. The van der Waals surface area contributed by atoms with Crippen LogP contribution in [0.4, 0.5) is 15.7 Å². The highest BCUT2D eigenvalue weighted by Crippen LogP contribution is 2.43. The molecule has 2 fully saturated rings. The molecule has 2 unspecified atom stereocenters. The summed E-state index contributed by atoms with van der Waals surface area (Å²) in [6.07, 6.45) is 6.06. The van der Waals surface area contributed by atoms with Crippen LogP contribution in [0.5, 0.6) is 11.5 Å². The van der Waals surface area contributed by atoms with Gasteiger partial charge < -0.3 is 24.8 Å². The molecule has 0 saturated carbocycles. The fourth-order valence-electron chi connectivity index (χ4n) is 4.87. The number of thioether (sulfide) groups is 1. The minimum atomic E-state index is -0.819. The largest absolute Gasteiger partial charge is 0.465 e. The summed E-state index contributed by atoms with van der Waals surface area (Å²) in [6, 6.07) is 5.76. The van der Waals surface area contributed by atoms with Gasteiger partial charge in [0.25, 0.3) is 0 Å². The smallest absolute Gasteiger partial charge is 0.407 e. The first-order valence-corrected chi connectivity index (χ1v) is 13.6. The predicted molar refractivity (Wildman–Crippen MR) is 138 cm³/mol. The fourth-order valence-corrected chi connectivity index (χ4v) is 6.32. The Hall–Kier alpha value is -2.96. The van der Waals surface area contributed by atoms with Gasteiger partial charge >= 0.3 is 6.09 Å². The SMILES string of the molecule is COCCSc1cnc(Nc2nc(C3CC4CCC(C3)N4C(=O)O)ns2)c(Oc2cccnc2C)c1. The van der Waals surface area contributed by atoms with Gasteiger partial charge in [-0.05, 0) is 50.8 Å². The number of aryl methyl sites for hydroxylation is 1. The molecule has 0 radical (unpaired) electrons. The van der Waals surface area contributed by atoms with E-state index in [9.17, 15) is 9.90 Å². The first-order valence-electron chi connectivity index (χ1n) is 11.8. The number of anilines is 2. The van der Waals surface area contributed by atoms with E-state index in [1.54, 1.807) is 36.2 Å². The van der Waals surface area contributed by atoms with Crippen molar-refractivity contribution in [2.24, 2.45) is 0 Å². The molecule has 2 aliphatic heterocycles. The molecule has 1 amide bonds. The van der Waals surface area contributed by atoms with Gasteiger partial charge in [0, 0.05) is 59.7 Å². The van der Waals surface area contributed by atoms with Crippen molar-refractivity contribution in [1.29, 1.82) is 0 Å². The lowest BCUT2D eigenvalue weighted by Gasteiger charge is -2.36. The maximum absolute atomic E-state index is 11.6. The topological polar surface area (TPSA) is 123 Å². The number of carboxylic acid groups (broad SMARTS) is 1. The van der Waals surface area contributed by atoms with E-state index < -0.39 is 6.09 Å². The minimum absolute atomic E-state index is 0.0544. The molecular weight excluding hydrogens is 500 g/mol. The zero-order valence-corrected chi connectivity index (χ0v) is 21.7. The van der Waals surface area contributed by atoms with Crippen LogP contribution in [0.2, 0.25) is 0 Å². The van der Waals surface area contributed by atoms with Gasteiger partial charge in [0.1, 0.15) is 11.6 Å². The quantitative estimate of drug-likeness (QED) is 0.279. The van der Waals surface area contributed by atoms with Gasteiger partial charge in [0.05, 0.1) is 12.3 Å². The van der Waals surface area contributed by atoms with Crippen molar-refractivity contribution in [1.82, 2.24) is 24.2 Å². The van der Waals surface area contributed by atoms with E-state index in [0.717, 1.165) is 47.8 Å². The molecule has 0 spiro atoms. The number of ether oxygens (including phenoxy) is 2. The van der Waals surface area contributed by atoms with E-state index >= 15 is 0 Å². The molecule has 12 heteroatoms. The third kappa shape index (κ3) is 5.40. The summed E-state index contributed by atoms with van der Waals surface area (Å²) in [5, 5.41) is 13.4. The number of carbonyl (C=O) groups is 1. The molecule has 2 atom stereocenters. The Bertz CT molecular complexity index is 1210. The third-order valence-electron chi connectivity index (χ3n) is 6.55. The lowest BCUT2D eigenvalue weighted by atomic mass is 9.90. The minimum Gasteiger partial charge on any atom is -0.465 e. The Labute approximate surface area is 217 Å². The van der Waals surface area contributed by atoms with Crippen molar-refractivity contribution in [3.63, 3.8) is 0 Å². The molecule has 10 nitrogen and oxygen atoms in total. The molecule has 0 aliphatic carbocycles. The number of piperidine rings is 1. The number of pyridine rings is 2. The number of rotatable bonds is 9. The van der Waals surface area contributed by atoms with E-state index in [0.29, 0.717) is 29.1 Å². The van der Waals surface area contributed by atoms with Crippen molar-refractivity contribution in [3.8, 4) is 11.5 Å². The van der Waals surface area contributed by atoms with E-state index in [1.165, 1.54) is 11.5 Å². The molecule has 2 aliphatic rings. The molecule has 2 N–H and O–H groups in total. The van der Waals surface area contributed by atoms with Gasteiger partial charge in [-0.2, -0.15) is 4.37 Å². The molecule has 190 valence electrons. The number of amides is 1. The molecule has 2 saturated heterocycles. The van der Waals surface area contributed by atoms with Crippen molar-refractivity contribution in [2.75, 3.05) is 24.8 Å². The second-order valence-corrected chi connectivity index (χ2v) is 10.8. The molecule has 3 aromatic heterocycles. The number of aromatic nitrogens is 4. The van der Waals surface area contributed by atoms with Gasteiger partial charge in [-0.1, -0.05) is 0 Å². The summed E-state index contributed by atoms with van der Waals surface area (Å²) in [5.74, 6) is 3.49. The maximum Gasteiger partial charge on any atom is 0.407 e. The summed E-state index contributed by atoms with van der Waals surface area (Å²) in [4.78, 5) is 27.9. The Morgan fingerprint density at radius 3 is 2.81 bits per heavy atom. The maximum atomic E-state index is 11.6. The summed E-state index contributed by atoms with van der Waals surface area (Å²) >= 11 is 2.91. The summed E-state index contributed by atoms with van der Waals surface area (Å²) < 4.78 is 16.0. The second-order valence-electron chi connectivity index (χ2n) is 8.87. The Kier molecular flexibility index (Phi) is 7.54. The van der Waals surface area contributed by atoms with E-state index in [2.05, 4.69) is 19.7 Å². The summed E-state index contributed by atoms with van der Waals surface area (Å²) in [7, 11) is 1.68. The Balaban J connectivity index is 1.34. The van der Waals surface area contributed by atoms with Crippen LogP contribution in [-0.4, -0.2) is 67.0 Å². The van der Waals surface area contributed by atoms with Crippen LogP contribution >= 0.6 is 23.3 Å². The summed E-state index contributed by atoms with van der Waals surface area (Å²) in [6.45, 7) is 2.54. The van der Waals surface area contributed by atoms with Crippen LogP contribution in [0.1, 0.15) is 43.1 Å². The van der Waals surface area contributed by atoms with Crippen molar-refractivity contribution in [3.05, 3.63) is 42.1 Å². The van der Waals surface area contributed by atoms with Crippen LogP contribution in [-0.2, 0) is 4.74 Å². The predicted octanol–water partition coefficient (Wildman–Crippen LogP) is 5.30. The van der Waals surface area contributed by atoms with Crippen LogP contribution in [0.3, 0.4) is 0 Å². The molecule has 3 aromatic rings. The zero-order valence-electron chi connectivity index (χ0n) is 20.1. The van der Waals surface area contributed by atoms with E-state index in [-0.39, 0.29) is 18.0 Å². The van der Waals surface area contributed by atoms with Crippen LogP contribution in [0.25, 0.3) is 0 Å². The van der Waals surface area contributed by atoms with Gasteiger partial charge in [0.2, 0.25) is 5.13 Å². The zero-order chi connectivity index (χ0) is 25.1. The highest BCUT2D eigenvalue weighted by atomic mass is 32.2. The first-order chi connectivity index (χ1) is 17.5. The lowest BCUT2D eigenvalue weighted by Crippen LogP contribution is -2.45. The van der Waals surface area contributed by atoms with Crippen LogP contribution in [0.15, 0.2) is 35.5 Å². The molecule has 0 aromatic carbocycles. The Morgan fingerprint density at radius 1 is 1.28 bits per heavy atom. The summed E-state index contributed by atoms with van der Waals surface area (Å²) in [5.41, 5.74) is 0.779. The monoisotopic (exact) mass is 528 g/mol. The van der Waals surface area contributed by atoms with Crippen LogP contribution in [0, 0.1) is 6.92 Å². The average Bonchev–Trinajstić information content (AvgIpc) is 3.44. The number of methoxy groups -OCH3 is 1. The highest BCUT2D eigenvalue weighted by Gasteiger charge is 2.44. The number of nitrogens with one attached hydrogen (secondary N) is 1. The standard InChI is InChI=1S/C24H28N6O4S2/c1-14-19(4-3-7-25-14)34-20-12-18(35-9-8-33-2)13-26-22(20)28-23-27-21(29-36-23)15-10-16-5-6-17(11-15)30(16)24(31)32/h3-4,7,12-13,15-17H,5-6,8-11H2,1-2H3,(H,31,32)(H,26,27,28,29). The highest BCUT2D eigenvalue weighted by molar-refractivity contribution is 7.99. The van der Waals surface area contributed by atoms with E-state index in [4.69, 9.17) is 14.5 Å². The third-order valence-corrected chi connectivity index (χ3v) is 8.12. The first kappa shape index (κ1) is 24.7. The number of hydrogen-bond acceptors (Lipinski definition) is 10. The molecule has 2 bridgehead atoms. The molecular formula is C24H28N6O4S2. The van der Waals surface area contributed by atoms with Crippen molar-refractivity contribution in [2.45, 2.75) is 55.5 Å². The van der Waals surface area contributed by atoms with E-state index in [1.807, 2.05) is 25.1 Å². The Morgan fingerprint density at radius 2 is 2.08 bits per heavy atom. The molecule has 5 heterocycles. The van der Waals surface area contributed by atoms with Gasteiger partial charge in [-0.15, -0.1) is 11.8 Å². The van der Waals surface area contributed by atoms with Crippen molar-refractivity contribution < 1.29 is 19.4 Å². The van der Waals surface area contributed by atoms with Gasteiger partial charge in [-0.3, -0.25) is 4.98 Å². The lowest BCUT2D eigenvalue weighted by molar-refractivity contribution is 0.0956. The fraction of sp³-hybridized carbons (Fsp3) is 0.458. The second kappa shape index (κ2) is 11.0. The van der Waals surface area contributed by atoms with Gasteiger partial charge in [-0.25, -0.2) is 14.8 Å². The number of fused-ring (bicyclic) bond motifs is 2. The molecule has 5 rings (SSSR count). The number of hydrogen-bond donors (Lipinski definition) is 2.